The maximum Gasteiger partial charge on any atom is 0.220 e. The van der Waals surface area contributed by atoms with Crippen LogP contribution in [0.5, 0.6) is 0 Å². The highest BCUT2D eigenvalue weighted by Crippen LogP contribution is 2.06. The Balaban J connectivity index is 2.27. The molecule has 0 fully saturated rings. The Bertz CT molecular complexity index is 339. The summed E-state index contributed by atoms with van der Waals surface area (Å²) < 4.78 is 4.95. The van der Waals surface area contributed by atoms with Gasteiger partial charge in [-0.2, -0.15) is 0 Å². The third-order valence-corrected chi connectivity index (χ3v) is 3.03. The average Bonchev–Trinajstić information content (AvgIpc) is 2.78. The zero-order valence-corrected chi connectivity index (χ0v) is 11.6. The topological polar surface area (TPSA) is 58.4 Å². The highest BCUT2D eigenvalue weighted by Gasteiger charge is 2.16. The average molecular weight is 253 g/mol. The molecule has 18 heavy (non-hydrogen) atoms. The number of amides is 1. The number of carbonyl (C=O) groups excluding carboxylic acids is 1. The highest BCUT2D eigenvalue weighted by molar-refractivity contribution is 5.76. The van der Waals surface area contributed by atoms with Crippen molar-refractivity contribution in [3.63, 3.8) is 0 Å². The van der Waals surface area contributed by atoms with E-state index in [0.717, 1.165) is 5.76 Å². The zero-order chi connectivity index (χ0) is 13.5. The first-order valence-electron chi connectivity index (χ1n) is 6.33. The van der Waals surface area contributed by atoms with Gasteiger partial charge in [-0.3, -0.25) is 4.79 Å². The predicted molar refractivity (Wildman–Crippen MR) is 70.1 cm³/mol. The van der Waals surface area contributed by atoms with E-state index in [9.17, 15) is 4.79 Å². The highest BCUT2D eigenvalue weighted by atomic mass is 16.5. The molecule has 1 aromatic heterocycles. The summed E-state index contributed by atoms with van der Waals surface area (Å²) in [5, 5.41) is 6.57. The van der Waals surface area contributed by atoms with Crippen molar-refractivity contribution in [1.29, 1.82) is 0 Å². The zero-order valence-electron chi connectivity index (χ0n) is 11.6. The van der Waals surface area contributed by atoms with Crippen LogP contribution in [0.2, 0.25) is 0 Å². The Hall–Kier alpha value is -1.36. The molecule has 5 nitrogen and oxygen atoms in total. The first-order valence-corrected chi connectivity index (χ1v) is 6.33. The molecule has 1 atom stereocenters. The van der Waals surface area contributed by atoms with Crippen molar-refractivity contribution in [3.05, 3.63) is 18.0 Å². The summed E-state index contributed by atoms with van der Waals surface area (Å²) in [7, 11) is 4.07. The third kappa shape index (κ3) is 4.87. The van der Waals surface area contributed by atoms with Crippen LogP contribution in [-0.2, 0) is 11.2 Å². The van der Waals surface area contributed by atoms with Crippen LogP contribution in [0.4, 0.5) is 0 Å². The monoisotopic (exact) mass is 253 g/mol. The Kier molecular flexibility index (Phi) is 5.85. The molecule has 0 unspecified atom stereocenters. The van der Waals surface area contributed by atoms with Gasteiger partial charge in [-0.25, -0.2) is 0 Å². The molecule has 0 aliphatic carbocycles. The normalized spacial score (nSPS) is 13.0. The maximum absolute atomic E-state index is 11.7. The largest absolute Gasteiger partial charge is 0.361 e. The van der Waals surface area contributed by atoms with Crippen LogP contribution in [0.3, 0.4) is 0 Å². The van der Waals surface area contributed by atoms with Crippen molar-refractivity contribution in [1.82, 2.24) is 15.4 Å². The van der Waals surface area contributed by atoms with E-state index in [2.05, 4.69) is 29.2 Å². The number of hydrogen-bond acceptors (Lipinski definition) is 4. The molecular formula is C13H23N3O2. The molecule has 1 heterocycles. The van der Waals surface area contributed by atoms with Crippen molar-refractivity contribution in [2.24, 2.45) is 5.92 Å². The van der Waals surface area contributed by atoms with E-state index >= 15 is 0 Å². The van der Waals surface area contributed by atoms with Crippen LogP contribution in [0.1, 0.15) is 26.0 Å². The Morgan fingerprint density at radius 1 is 1.50 bits per heavy atom. The molecular weight excluding hydrogens is 230 g/mol. The molecule has 0 spiro atoms. The Labute approximate surface area is 109 Å². The molecule has 1 N–H and O–H groups in total. The third-order valence-electron chi connectivity index (χ3n) is 3.03. The lowest BCUT2D eigenvalue weighted by molar-refractivity contribution is -0.121. The number of aromatic nitrogens is 1. The number of hydrogen-bond donors (Lipinski definition) is 1. The minimum Gasteiger partial charge on any atom is -0.361 e. The lowest BCUT2D eigenvalue weighted by atomic mass is 10.0. The van der Waals surface area contributed by atoms with Crippen LogP contribution in [0, 0.1) is 5.92 Å². The number of rotatable bonds is 7. The van der Waals surface area contributed by atoms with Gasteiger partial charge in [0.15, 0.2) is 0 Å². The van der Waals surface area contributed by atoms with Gasteiger partial charge in [-0.05, 0) is 20.0 Å². The fourth-order valence-corrected chi connectivity index (χ4v) is 1.93. The van der Waals surface area contributed by atoms with Crippen LogP contribution < -0.4 is 5.32 Å². The van der Waals surface area contributed by atoms with E-state index < -0.39 is 0 Å². The summed E-state index contributed by atoms with van der Waals surface area (Å²) in [5.74, 6) is 1.31. The van der Waals surface area contributed by atoms with Gasteiger partial charge < -0.3 is 14.7 Å². The van der Waals surface area contributed by atoms with Crippen LogP contribution in [0.25, 0.3) is 0 Å². The SMILES string of the molecule is CC(C)[C@H](CNC(=O)CCc1ccno1)N(C)C. The number of nitrogens with one attached hydrogen (secondary N) is 1. The number of aryl methyl sites for hydroxylation is 1. The van der Waals surface area contributed by atoms with Gasteiger partial charge in [0.05, 0.1) is 6.20 Å². The van der Waals surface area contributed by atoms with E-state index in [-0.39, 0.29) is 5.91 Å². The second-order valence-electron chi connectivity index (χ2n) is 5.06. The van der Waals surface area contributed by atoms with Crippen molar-refractivity contribution in [3.8, 4) is 0 Å². The van der Waals surface area contributed by atoms with Gasteiger partial charge in [0.1, 0.15) is 5.76 Å². The van der Waals surface area contributed by atoms with E-state index in [1.165, 1.54) is 0 Å². The van der Waals surface area contributed by atoms with Gasteiger partial charge >= 0.3 is 0 Å². The number of likely N-dealkylation sites (N-methyl/N-ethyl adjacent to an activating group) is 1. The molecule has 102 valence electrons. The summed E-state index contributed by atoms with van der Waals surface area (Å²) in [6.45, 7) is 5.00. The van der Waals surface area contributed by atoms with Crippen molar-refractivity contribution in [2.45, 2.75) is 32.7 Å². The minimum absolute atomic E-state index is 0.0545. The standard InChI is InChI=1S/C13H23N3O2/c1-10(2)12(16(3)4)9-14-13(17)6-5-11-7-8-15-18-11/h7-8,10,12H,5-6,9H2,1-4H3,(H,14,17)/t12-/m0/s1. The summed E-state index contributed by atoms with van der Waals surface area (Å²) in [6.07, 6.45) is 2.63. The maximum atomic E-state index is 11.7. The molecule has 0 aliphatic rings. The Morgan fingerprint density at radius 3 is 2.72 bits per heavy atom. The summed E-state index contributed by atoms with van der Waals surface area (Å²) in [4.78, 5) is 13.8. The molecule has 1 rings (SSSR count). The van der Waals surface area contributed by atoms with E-state index in [1.807, 2.05) is 14.1 Å². The fourth-order valence-electron chi connectivity index (χ4n) is 1.93. The fraction of sp³-hybridized carbons (Fsp3) is 0.692. The van der Waals surface area contributed by atoms with Gasteiger partial charge in [-0.15, -0.1) is 0 Å². The molecule has 0 aromatic carbocycles. The molecule has 1 amide bonds. The summed E-state index contributed by atoms with van der Waals surface area (Å²) in [6, 6.07) is 2.14. The second-order valence-corrected chi connectivity index (χ2v) is 5.06. The molecule has 0 saturated carbocycles. The van der Waals surface area contributed by atoms with Crippen LogP contribution >= 0.6 is 0 Å². The lowest BCUT2D eigenvalue weighted by Gasteiger charge is -2.28. The van der Waals surface area contributed by atoms with Crippen LogP contribution in [-0.4, -0.2) is 42.6 Å². The summed E-state index contributed by atoms with van der Waals surface area (Å²) >= 11 is 0. The Morgan fingerprint density at radius 2 is 2.22 bits per heavy atom. The molecule has 1 aromatic rings. The van der Waals surface area contributed by atoms with Gasteiger partial charge in [0, 0.05) is 31.5 Å². The molecule has 5 heteroatoms. The quantitative estimate of drug-likeness (QED) is 0.796. The van der Waals surface area contributed by atoms with Gasteiger partial charge in [0.25, 0.3) is 0 Å². The first kappa shape index (κ1) is 14.7. The molecule has 0 radical (unpaired) electrons. The predicted octanol–water partition coefficient (Wildman–Crippen LogP) is 1.31. The van der Waals surface area contributed by atoms with Gasteiger partial charge in [0.2, 0.25) is 5.91 Å². The number of carbonyl (C=O) groups is 1. The van der Waals surface area contributed by atoms with Gasteiger partial charge in [-0.1, -0.05) is 19.0 Å². The summed E-state index contributed by atoms with van der Waals surface area (Å²) in [5.41, 5.74) is 0. The smallest absolute Gasteiger partial charge is 0.220 e. The second kappa shape index (κ2) is 7.16. The van der Waals surface area contributed by atoms with Crippen LogP contribution in [0.15, 0.2) is 16.8 Å². The van der Waals surface area contributed by atoms with Crippen molar-refractivity contribution >= 4 is 5.91 Å². The minimum atomic E-state index is 0.0545. The number of nitrogens with zero attached hydrogens (tertiary/aromatic N) is 2. The lowest BCUT2D eigenvalue weighted by Crippen LogP contribution is -2.43. The van der Waals surface area contributed by atoms with Crippen molar-refractivity contribution < 1.29 is 9.32 Å². The van der Waals surface area contributed by atoms with E-state index in [1.54, 1.807) is 12.3 Å². The van der Waals surface area contributed by atoms with E-state index in [4.69, 9.17) is 4.52 Å². The van der Waals surface area contributed by atoms with Crippen molar-refractivity contribution in [2.75, 3.05) is 20.6 Å². The molecule has 0 saturated heterocycles. The van der Waals surface area contributed by atoms with E-state index in [0.29, 0.717) is 31.3 Å². The molecule has 0 bridgehead atoms. The molecule has 0 aliphatic heterocycles. The first-order chi connectivity index (χ1) is 8.50.